The highest BCUT2D eigenvalue weighted by atomic mass is 35.5. The SMILES string of the molecule is C=CC(=O)N1CCN(c2nc(=O)n(-c3c(C)ccnc3C(C)C)c3nc(Nc4cccc(F)c4C)c(Cl)cc23)[C@@H](C)C1. The van der Waals surface area contributed by atoms with Crippen molar-refractivity contribution in [3.05, 3.63) is 87.3 Å². The van der Waals surface area contributed by atoms with E-state index in [1.54, 1.807) is 36.2 Å². The molecule has 0 radical (unpaired) electrons. The van der Waals surface area contributed by atoms with Gasteiger partial charge in [-0.05, 0) is 62.6 Å². The average molecular weight is 590 g/mol. The molecule has 0 saturated carbocycles. The van der Waals surface area contributed by atoms with Crippen molar-refractivity contribution >= 4 is 45.9 Å². The Morgan fingerprint density at radius 2 is 1.98 bits per heavy atom. The second-order valence-electron chi connectivity index (χ2n) is 10.8. The standard InChI is InChI=1S/C31H33ClFN7O2/c1-7-25(41)38-13-14-39(19(5)16-38)29-21-15-22(32)28(35-24-10-8-9-23(33)20(24)6)36-30(21)40(31(42)37-29)27-18(4)11-12-34-26(27)17(2)3/h7-12,15,17,19H,1,13-14,16H2,2-6H3,(H,35,36)/t19-/m0/s1. The Balaban J connectivity index is 1.76. The Bertz CT molecular complexity index is 1770. The first-order chi connectivity index (χ1) is 20.0. The van der Waals surface area contributed by atoms with Crippen LogP contribution in [0.25, 0.3) is 16.7 Å². The molecule has 4 aromatic rings. The minimum Gasteiger partial charge on any atom is -0.350 e. The number of nitrogens with zero attached hydrogens (tertiary/aromatic N) is 6. The number of aromatic nitrogens is 4. The monoisotopic (exact) mass is 589 g/mol. The van der Waals surface area contributed by atoms with Gasteiger partial charge in [0, 0.05) is 43.1 Å². The lowest BCUT2D eigenvalue weighted by atomic mass is 10.0. The van der Waals surface area contributed by atoms with Gasteiger partial charge in [0.05, 0.1) is 21.8 Å². The molecule has 1 saturated heterocycles. The smallest absolute Gasteiger partial charge is 0.350 e. The highest BCUT2D eigenvalue weighted by Crippen LogP contribution is 2.35. The van der Waals surface area contributed by atoms with E-state index in [-0.39, 0.29) is 34.5 Å². The number of anilines is 3. The molecule has 3 aromatic heterocycles. The van der Waals surface area contributed by atoms with Gasteiger partial charge in [0.1, 0.15) is 11.6 Å². The molecule has 1 atom stereocenters. The van der Waals surface area contributed by atoms with Crippen LogP contribution in [0.15, 0.2) is 54.0 Å². The summed E-state index contributed by atoms with van der Waals surface area (Å²) in [5.74, 6) is 0.203. The highest BCUT2D eigenvalue weighted by Gasteiger charge is 2.30. The van der Waals surface area contributed by atoms with Crippen LogP contribution in [0, 0.1) is 19.7 Å². The largest absolute Gasteiger partial charge is 0.355 e. The predicted octanol–water partition coefficient (Wildman–Crippen LogP) is 5.68. The molecule has 1 aliphatic rings. The summed E-state index contributed by atoms with van der Waals surface area (Å²) in [6.45, 7) is 14.5. The summed E-state index contributed by atoms with van der Waals surface area (Å²) in [5.41, 5.74) is 2.90. The summed E-state index contributed by atoms with van der Waals surface area (Å²) in [5, 5.41) is 4.00. The number of piperazine rings is 1. The van der Waals surface area contributed by atoms with Crippen LogP contribution >= 0.6 is 11.6 Å². The van der Waals surface area contributed by atoms with Gasteiger partial charge in [-0.15, -0.1) is 0 Å². The second kappa shape index (κ2) is 11.5. The number of carbonyl (C=O) groups excluding carboxylic acids is 1. The fourth-order valence-corrected chi connectivity index (χ4v) is 5.57. The summed E-state index contributed by atoms with van der Waals surface area (Å²) < 4.78 is 15.8. The van der Waals surface area contributed by atoms with Crippen LogP contribution in [0.4, 0.5) is 21.7 Å². The number of carbonyl (C=O) groups is 1. The topological polar surface area (TPSA) is 96.3 Å². The molecular weight excluding hydrogens is 557 g/mol. The normalized spacial score (nSPS) is 15.4. The first kappa shape index (κ1) is 29.2. The zero-order valence-corrected chi connectivity index (χ0v) is 25.0. The minimum atomic E-state index is -0.519. The lowest BCUT2D eigenvalue weighted by Crippen LogP contribution is -2.54. The van der Waals surface area contributed by atoms with Crippen molar-refractivity contribution in [3.63, 3.8) is 0 Å². The molecule has 42 heavy (non-hydrogen) atoms. The van der Waals surface area contributed by atoms with E-state index >= 15 is 0 Å². The Hall–Kier alpha value is -4.31. The van der Waals surface area contributed by atoms with Crippen molar-refractivity contribution in [2.45, 2.75) is 46.6 Å². The number of halogens is 2. The summed E-state index contributed by atoms with van der Waals surface area (Å²) in [6.07, 6.45) is 3.02. The van der Waals surface area contributed by atoms with Crippen LogP contribution in [0.2, 0.25) is 5.02 Å². The Labute approximate surface area is 248 Å². The van der Waals surface area contributed by atoms with Gasteiger partial charge >= 0.3 is 5.69 Å². The fourth-order valence-electron chi connectivity index (χ4n) is 5.37. The molecule has 0 bridgehead atoms. The van der Waals surface area contributed by atoms with Crippen LogP contribution in [0.3, 0.4) is 0 Å². The van der Waals surface area contributed by atoms with Crippen molar-refractivity contribution in [1.29, 1.82) is 0 Å². The fraction of sp³-hybridized carbons (Fsp3) is 0.323. The summed E-state index contributed by atoms with van der Waals surface area (Å²) in [6, 6.07) is 8.15. The minimum absolute atomic E-state index is 0.0110. The molecule has 1 aliphatic heterocycles. The van der Waals surface area contributed by atoms with E-state index in [2.05, 4.69) is 21.9 Å². The maximum Gasteiger partial charge on any atom is 0.355 e. The summed E-state index contributed by atoms with van der Waals surface area (Å²) in [4.78, 5) is 44.0. The lowest BCUT2D eigenvalue weighted by Gasteiger charge is -2.40. The third-order valence-electron chi connectivity index (χ3n) is 7.63. The van der Waals surface area contributed by atoms with E-state index in [1.807, 2.05) is 38.7 Å². The number of fused-ring (bicyclic) bond motifs is 1. The first-order valence-electron chi connectivity index (χ1n) is 13.8. The molecule has 0 unspecified atom stereocenters. The van der Waals surface area contributed by atoms with Crippen molar-refractivity contribution in [2.24, 2.45) is 0 Å². The van der Waals surface area contributed by atoms with Crippen molar-refractivity contribution in [2.75, 3.05) is 29.9 Å². The molecule has 1 aromatic carbocycles. The van der Waals surface area contributed by atoms with Crippen LogP contribution in [0.1, 0.15) is 43.5 Å². The number of pyridine rings is 2. The van der Waals surface area contributed by atoms with Gasteiger partial charge in [0.25, 0.3) is 0 Å². The predicted molar refractivity (Wildman–Crippen MR) is 165 cm³/mol. The van der Waals surface area contributed by atoms with Crippen molar-refractivity contribution < 1.29 is 9.18 Å². The van der Waals surface area contributed by atoms with Crippen molar-refractivity contribution in [3.8, 4) is 5.69 Å². The lowest BCUT2D eigenvalue weighted by molar-refractivity contribution is -0.126. The number of aryl methyl sites for hydroxylation is 1. The van der Waals surface area contributed by atoms with Crippen LogP contribution < -0.4 is 15.9 Å². The number of hydrogen-bond donors (Lipinski definition) is 1. The van der Waals surface area contributed by atoms with E-state index in [0.717, 1.165) is 11.3 Å². The van der Waals surface area contributed by atoms with Gasteiger partial charge in [-0.25, -0.2) is 18.7 Å². The van der Waals surface area contributed by atoms with E-state index in [9.17, 15) is 14.0 Å². The van der Waals surface area contributed by atoms with E-state index in [0.29, 0.717) is 53.4 Å². The molecule has 11 heteroatoms. The molecule has 0 aliphatic carbocycles. The Morgan fingerprint density at radius 3 is 2.67 bits per heavy atom. The number of amides is 1. The van der Waals surface area contributed by atoms with Gasteiger partial charge in [-0.3, -0.25) is 9.78 Å². The Kier molecular flexibility index (Phi) is 8.01. The zero-order chi connectivity index (χ0) is 30.3. The average Bonchev–Trinajstić information content (AvgIpc) is 2.95. The summed E-state index contributed by atoms with van der Waals surface area (Å²) in [7, 11) is 0. The molecule has 1 N–H and O–H groups in total. The van der Waals surface area contributed by atoms with E-state index in [1.165, 1.54) is 16.7 Å². The second-order valence-corrected chi connectivity index (χ2v) is 11.2. The molecule has 4 heterocycles. The molecule has 218 valence electrons. The maximum atomic E-state index is 14.3. The van der Waals surface area contributed by atoms with Gasteiger partial charge in [0.15, 0.2) is 11.5 Å². The highest BCUT2D eigenvalue weighted by molar-refractivity contribution is 6.34. The van der Waals surface area contributed by atoms with Crippen molar-refractivity contribution in [1.82, 2.24) is 24.4 Å². The number of benzene rings is 1. The number of nitrogens with one attached hydrogen (secondary N) is 1. The Morgan fingerprint density at radius 1 is 1.21 bits per heavy atom. The quantitative estimate of drug-likeness (QED) is 0.289. The van der Waals surface area contributed by atoms with E-state index in [4.69, 9.17) is 16.6 Å². The number of hydrogen-bond acceptors (Lipinski definition) is 7. The summed E-state index contributed by atoms with van der Waals surface area (Å²) >= 11 is 6.80. The molecule has 9 nitrogen and oxygen atoms in total. The molecular formula is C31H33ClFN7O2. The molecule has 1 fully saturated rings. The van der Waals surface area contributed by atoms with Gasteiger partial charge in [-0.1, -0.05) is 38.1 Å². The number of rotatable bonds is 6. The van der Waals surface area contributed by atoms with Gasteiger partial charge in [0.2, 0.25) is 5.91 Å². The first-order valence-corrected chi connectivity index (χ1v) is 14.2. The van der Waals surface area contributed by atoms with Crippen LogP contribution in [-0.2, 0) is 4.79 Å². The third-order valence-corrected chi connectivity index (χ3v) is 7.92. The van der Waals surface area contributed by atoms with Gasteiger partial charge in [-0.2, -0.15) is 4.98 Å². The molecule has 0 spiro atoms. The maximum absolute atomic E-state index is 14.3. The zero-order valence-electron chi connectivity index (χ0n) is 24.3. The van der Waals surface area contributed by atoms with Gasteiger partial charge < -0.3 is 15.1 Å². The molecule has 1 amide bonds. The van der Waals surface area contributed by atoms with Crippen LogP contribution in [-0.4, -0.2) is 56.0 Å². The van der Waals surface area contributed by atoms with E-state index < -0.39 is 5.69 Å². The van der Waals surface area contributed by atoms with Crippen LogP contribution in [0.5, 0.6) is 0 Å². The molecule has 5 rings (SSSR count). The third kappa shape index (κ3) is 5.22.